The Bertz CT molecular complexity index is 429. The lowest BCUT2D eigenvalue weighted by Gasteiger charge is -2.56. The van der Waals surface area contributed by atoms with Crippen LogP contribution >= 0.6 is 0 Å². The van der Waals surface area contributed by atoms with Gasteiger partial charge in [0.25, 0.3) is 0 Å². The van der Waals surface area contributed by atoms with Crippen LogP contribution in [0.5, 0.6) is 0 Å². The highest BCUT2D eigenvalue weighted by atomic mass is 16.5. The Labute approximate surface area is 128 Å². The van der Waals surface area contributed by atoms with Gasteiger partial charge >= 0.3 is 0 Å². The first-order valence-corrected chi connectivity index (χ1v) is 8.54. The molecule has 1 spiro atoms. The van der Waals surface area contributed by atoms with Gasteiger partial charge < -0.3 is 9.64 Å². The molecule has 0 aromatic carbocycles. The lowest BCUT2D eigenvalue weighted by atomic mass is 9.63. The van der Waals surface area contributed by atoms with Crippen molar-refractivity contribution in [3.8, 4) is 0 Å². The molecule has 2 saturated carbocycles. The maximum atomic E-state index is 12.9. The third kappa shape index (κ3) is 2.31. The van der Waals surface area contributed by atoms with Crippen LogP contribution in [0.15, 0.2) is 0 Å². The van der Waals surface area contributed by atoms with E-state index in [0.717, 1.165) is 32.3 Å². The molecule has 4 nitrogen and oxygen atoms in total. The smallest absolute Gasteiger partial charge is 0.244 e. The Morgan fingerprint density at radius 1 is 1.38 bits per heavy atom. The number of nitrogens with zero attached hydrogens (tertiary/aromatic N) is 1. The molecule has 1 saturated heterocycles. The zero-order chi connectivity index (χ0) is 15.4. The minimum atomic E-state index is -0.202. The fourth-order valence-corrected chi connectivity index (χ4v) is 4.12. The number of hydrogen-bond donors (Lipinski definition) is 1. The van der Waals surface area contributed by atoms with E-state index < -0.39 is 0 Å². The van der Waals surface area contributed by atoms with Gasteiger partial charge in [-0.2, -0.15) is 0 Å². The topological polar surface area (TPSA) is 41.6 Å². The highest BCUT2D eigenvalue weighted by Gasteiger charge is 2.64. The van der Waals surface area contributed by atoms with E-state index >= 15 is 0 Å². The fraction of sp³-hybridized carbons (Fsp3) is 0.941. The molecule has 2 aliphatic carbocycles. The van der Waals surface area contributed by atoms with E-state index in [2.05, 4.69) is 37.9 Å². The second kappa shape index (κ2) is 4.95. The zero-order valence-corrected chi connectivity index (χ0v) is 14.1. The highest BCUT2D eigenvalue weighted by Crippen LogP contribution is 2.51. The van der Waals surface area contributed by atoms with Crippen LogP contribution in [0.25, 0.3) is 0 Å². The zero-order valence-electron chi connectivity index (χ0n) is 14.1. The average molecular weight is 294 g/mol. The Hall–Kier alpha value is -0.610. The summed E-state index contributed by atoms with van der Waals surface area (Å²) >= 11 is 0. The summed E-state index contributed by atoms with van der Waals surface area (Å²) < 4.78 is 5.84. The summed E-state index contributed by atoms with van der Waals surface area (Å²) in [7, 11) is 0. The SMILES string of the molecule is CCOC1CC(N2C(=O)C3(CC3)NC2CC(C)C)C1(C)C. The van der Waals surface area contributed by atoms with Gasteiger partial charge in [-0.3, -0.25) is 10.1 Å². The van der Waals surface area contributed by atoms with Gasteiger partial charge in [-0.15, -0.1) is 0 Å². The Morgan fingerprint density at radius 3 is 2.52 bits per heavy atom. The third-order valence-electron chi connectivity index (χ3n) is 5.70. The first kappa shape index (κ1) is 15.3. The van der Waals surface area contributed by atoms with E-state index in [0.29, 0.717) is 17.9 Å². The molecule has 21 heavy (non-hydrogen) atoms. The normalized spacial score (nSPS) is 36.4. The number of amides is 1. The molecular formula is C17H30N2O2. The molecule has 0 bridgehead atoms. The molecule has 0 radical (unpaired) electrons. The standard InChI is InChI=1S/C17H30N2O2/c1-6-21-13-10-12(16(13,4)5)19-14(9-11(2)3)18-17(7-8-17)15(19)20/h11-14,18H,6-10H2,1-5H3. The summed E-state index contributed by atoms with van der Waals surface area (Å²) in [6.45, 7) is 11.8. The van der Waals surface area contributed by atoms with Crippen molar-refractivity contribution in [2.75, 3.05) is 6.61 Å². The van der Waals surface area contributed by atoms with Crippen molar-refractivity contribution in [1.82, 2.24) is 10.2 Å². The first-order valence-electron chi connectivity index (χ1n) is 8.54. The number of carbonyl (C=O) groups excluding carboxylic acids is 1. The van der Waals surface area contributed by atoms with E-state index in [1.165, 1.54) is 0 Å². The van der Waals surface area contributed by atoms with Crippen LogP contribution in [0.1, 0.15) is 60.3 Å². The van der Waals surface area contributed by atoms with Crippen LogP contribution in [-0.2, 0) is 9.53 Å². The molecule has 3 fully saturated rings. The Kier molecular flexibility index (Phi) is 3.61. The van der Waals surface area contributed by atoms with Crippen molar-refractivity contribution >= 4 is 5.91 Å². The first-order chi connectivity index (χ1) is 9.82. The summed E-state index contributed by atoms with van der Waals surface area (Å²) in [6, 6.07) is 0.317. The predicted molar refractivity (Wildman–Crippen MR) is 82.8 cm³/mol. The van der Waals surface area contributed by atoms with Gasteiger partial charge in [-0.1, -0.05) is 27.7 Å². The van der Waals surface area contributed by atoms with Gasteiger partial charge in [0.15, 0.2) is 0 Å². The lowest BCUT2D eigenvalue weighted by Crippen LogP contribution is -2.64. The van der Waals surface area contributed by atoms with Crippen LogP contribution in [-0.4, -0.2) is 41.3 Å². The van der Waals surface area contributed by atoms with E-state index in [4.69, 9.17) is 4.74 Å². The number of carbonyl (C=O) groups is 1. The number of nitrogens with one attached hydrogen (secondary N) is 1. The van der Waals surface area contributed by atoms with Crippen molar-refractivity contribution in [1.29, 1.82) is 0 Å². The summed E-state index contributed by atoms with van der Waals surface area (Å²) in [4.78, 5) is 15.1. The molecular weight excluding hydrogens is 264 g/mol. The quantitative estimate of drug-likeness (QED) is 0.847. The summed E-state index contributed by atoms with van der Waals surface area (Å²) in [5.74, 6) is 0.943. The van der Waals surface area contributed by atoms with E-state index in [1.807, 2.05) is 6.92 Å². The summed E-state index contributed by atoms with van der Waals surface area (Å²) in [6.07, 6.45) is 4.55. The molecule has 1 N–H and O–H groups in total. The maximum absolute atomic E-state index is 12.9. The van der Waals surface area contributed by atoms with Crippen LogP contribution < -0.4 is 5.32 Å². The molecule has 3 atom stereocenters. The van der Waals surface area contributed by atoms with Gasteiger partial charge in [0.05, 0.1) is 17.8 Å². The van der Waals surface area contributed by atoms with Gasteiger partial charge in [0.1, 0.15) is 0 Å². The van der Waals surface area contributed by atoms with Gasteiger partial charge in [0, 0.05) is 18.1 Å². The second-order valence-corrected chi connectivity index (χ2v) is 8.10. The molecule has 0 aromatic heterocycles. The molecule has 3 aliphatic rings. The lowest BCUT2D eigenvalue weighted by molar-refractivity contribution is -0.169. The van der Waals surface area contributed by atoms with E-state index in [1.54, 1.807) is 0 Å². The highest BCUT2D eigenvalue weighted by molar-refractivity contribution is 5.92. The Morgan fingerprint density at radius 2 is 2.05 bits per heavy atom. The Balaban J connectivity index is 1.77. The second-order valence-electron chi connectivity index (χ2n) is 8.10. The largest absolute Gasteiger partial charge is 0.378 e. The molecule has 1 amide bonds. The number of hydrogen-bond acceptors (Lipinski definition) is 3. The monoisotopic (exact) mass is 294 g/mol. The molecule has 3 rings (SSSR count). The predicted octanol–water partition coefficient (Wildman–Crippen LogP) is 2.53. The van der Waals surface area contributed by atoms with Crippen molar-refractivity contribution in [3.05, 3.63) is 0 Å². The van der Waals surface area contributed by atoms with Crippen molar-refractivity contribution < 1.29 is 9.53 Å². The fourth-order valence-electron chi connectivity index (χ4n) is 4.12. The average Bonchev–Trinajstić information content (AvgIpc) is 3.12. The van der Waals surface area contributed by atoms with E-state index in [9.17, 15) is 4.79 Å². The van der Waals surface area contributed by atoms with E-state index in [-0.39, 0.29) is 23.2 Å². The van der Waals surface area contributed by atoms with Crippen molar-refractivity contribution in [2.45, 2.75) is 84.2 Å². The molecule has 120 valence electrons. The van der Waals surface area contributed by atoms with Crippen molar-refractivity contribution in [3.63, 3.8) is 0 Å². The van der Waals surface area contributed by atoms with Gasteiger partial charge in [-0.25, -0.2) is 0 Å². The van der Waals surface area contributed by atoms with Crippen molar-refractivity contribution in [2.24, 2.45) is 11.3 Å². The molecule has 1 aliphatic heterocycles. The van der Waals surface area contributed by atoms with Crippen LogP contribution in [0.3, 0.4) is 0 Å². The molecule has 1 heterocycles. The minimum absolute atomic E-state index is 0.0585. The van der Waals surface area contributed by atoms with Gasteiger partial charge in [0.2, 0.25) is 5.91 Å². The third-order valence-corrected chi connectivity index (χ3v) is 5.70. The summed E-state index contributed by atoms with van der Waals surface area (Å²) in [5.41, 5.74) is -0.144. The number of rotatable bonds is 5. The molecule has 4 heteroatoms. The van der Waals surface area contributed by atoms with Crippen LogP contribution in [0.2, 0.25) is 0 Å². The molecule has 0 aromatic rings. The minimum Gasteiger partial charge on any atom is -0.378 e. The number of ether oxygens (including phenoxy) is 1. The van der Waals surface area contributed by atoms with Crippen LogP contribution in [0, 0.1) is 11.3 Å². The maximum Gasteiger partial charge on any atom is 0.244 e. The van der Waals surface area contributed by atoms with Gasteiger partial charge in [-0.05, 0) is 38.5 Å². The van der Waals surface area contributed by atoms with Crippen LogP contribution in [0.4, 0.5) is 0 Å². The summed E-state index contributed by atoms with van der Waals surface area (Å²) in [5, 5.41) is 3.64. The molecule has 3 unspecified atom stereocenters.